The zero-order valence-corrected chi connectivity index (χ0v) is 16.7. The van der Waals surface area contributed by atoms with Crippen molar-refractivity contribution in [2.24, 2.45) is 0 Å². The number of nitrogens with zero attached hydrogens (tertiary/aromatic N) is 2. The van der Waals surface area contributed by atoms with Gasteiger partial charge in [-0.15, -0.1) is 0 Å². The molecule has 0 spiro atoms. The smallest absolute Gasteiger partial charge is 0.380 e. The van der Waals surface area contributed by atoms with Gasteiger partial charge in [0.05, 0.1) is 11.3 Å². The van der Waals surface area contributed by atoms with E-state index in [0.717, 1.165) is 23.3 Å². The number of piperazine rings is 1. The molecule has 1 saturated heterocycles. The van der Waals surface area contributed by atoms with Crippen LogP contribution in [-0.2, 0) is 21.2 Å². The van der Waals surface area contributed by atoms with Crippen molar-refractivity contribution in [3.8, 4) is 0 Å². The zero-order chi connectivity index (χ0) is 21.2. The number of alkyl halides is 3. The first kappa shape index (κ1) is 22.6. The van der Waals surface area contributed by atoms with Crippen molar-refractivity contribution in [3.63, 3.8) is 0 Å². The minimum Gasteiger partial charge on any atom is -0.380 e. The Kier molecular flexibility index (Phi) is 6.78. The molecule has 1 aromatic rings. The van der Waals surface area contributed by atoms with E-state index >= 15 is 0 Å². The second-order valence-electron chi connectivity index (χ2n) is 7.13. The highest BCUT2D eigenvalue weighted by atomic mass is 32.2. The predicted octanol–water partition coefficient (Wildman–Crippen LogP) is 2.18. The van der Waals surface area contributed by atoms with E-state index in [1.54, 1.807) is 24.3 Å². The molecule has 0 aliphatic carbocycles. The molecule has 28 heavy (non-hydrogen) atoms. The summed E-state index contributed by atoms with van der Waals surface area (Å²) >= 11 is 0. The van der Waals surface area contributed by atoms with Crippen LogP contribution in [0.5, 0.6) is 0 Å². The average molecular weight is 422 g/mol. The van der Waals surface area contributed by atoms with Crippen LogP contribution in [-0.4, -0.2) is 66.6 Å². The Bertz CT molecular complexity index is 784. The van der Waals surface area contributed by atoms with Gasteiger partial charge < -0.3 is 10.0 Å². The largest absolute Gasteiger partial charge is 0.417 e. The second-order valence-corrected chi connectivity index (χ2v) is 9.07. The highest BCUT2D eigenvalue weighted by Crippen LogP contribution is 2.33. The summed E-state index contributed by atoms with van der Waals surface area (Å²) < 4.78 is 64.9. The van der Waals surface area contributed by atoms with Crippen molar-refractivity contribution in [2.75, 3.05) is 26.2 Å². The Labute approximate surface area is 163 Å². The van der Waals surface area contributed by atoms with Crippen LogP contribution in [0.4, 0.5) is 13.2 Å². The highest BCUT2D eigenvalue weighted by Gasteiger charge is 2.51. The van der Waals surface area contributed by atoms with E-state index in [4.69, 9.17) is 0 Å². The number of amides is 1. The van der Waals surface area contributed by atoms with E-state index in [-0.39, 0.29) is 31.1 Å². The van der Waals surface area contributed by atoms with Crippen molar-refractivity contribution in [1.82, 2.24) is 9.21 Å². The Morgan fingerprint density at radius 3 is 2.11 bits per heavy atom. The molecule has 10 heteroatoms. The van der Waals surface area contributed by atoms with Crippen molar-refractivity contribution in [3.05, 3.63) is 29.8 Å². The minimum absolute atomic E-state index is 0.0149. The molecular formula is C18H25F3N2O4S. The zero-order valence-electron chi connectivity index (χ0n) is 15.9. The number of hydrogen-bond acceptors (Lipinski definition) is 4. The normalized spacial score (nSPS) is 18.7. The summed E-state index contributed by atoms with van der Waals surface area (Å²) in [7, 11) is -3.74. The summed E-state index contributed by atoms with van der Waals surface area (Å²) in [6, 6.07) is 6.60. The van der Waals surface area contributed by atoms with Crippen LogP contribution in [0.1, 0.15) is 32.3 Å². The van der Waals surface area contributed by atoms with Crippen LogP contribution in [0.15, 0.2) is 29.2 Å². The Balaban J connectivity index is 1.99. The number of carbonyl (C=O) groups excluding carboxylic acids is 1. The van der Waals surface area contributed by atoms with Crippen molar-refractivity contribution >= 4 is 15.9 Å². The Morgan fingerprint density at radius 1 is 1.11 bits per heavy atom. The quantitative estimate of drug-likeness (QED) is 0.762. The fourth-order valence-electron chi connectivity index (χ4n) is 2.95. The third-order valence-electron chi connectivity index (χ3n) is 4.80. The Hall–Kier alpha value is -1.65. The lowest BCUT2D eigenvalue weighted by Crippen LogP contribution is -2.53. The standard InChI is InChI=1S/C18H25F3N2O4S/c1-3-4-14-5-7-15(8-6-14)28(26,27)23-11-9-22(10-12-23)16(24)13-17(2,25)18(19,20)21/h5-8,25H,3-4,9-13H2,1-2H3/t17-/m0/s1. The van der Waals surface area contributed by atoms with Gasteiger partial charge in [-0.25, -0.2) is 8.42 Å². The van der Waals surface area contributed by atoms with Gasteiger partial charge in [-0.2, -0.15) is 17.5 Å². The first-order valence-electron chi connectivity index (χ1n) is 9.04. The molecule has 0 bridgehead atoms. The van der Waals surface area contributed by atoms with Crippen LogP contribution in [0.25, 0.3) is 0 Å². The predicted molar refractivity (Wildman–Crippen MR) is 97.1 cm³/mol. The molecular weight excluding hydrogens is 397 g/mol. The van der Waals surface area contributed by atoms with E-state index in [1.807, 2.05) is 6.92 Å². The average Bonchev–Trinajstić information content (AvgIpc) is 2.61. The molecule has 1 heterocycles. The SMILES string of the molecule is CCCc1ccc(S(=O)(=O)N2CCN(C(=O)C[C@](C)(O)C(F)(F)F)CC2)cc1. The molecule has 0 aromatic heterocycles. The van der Waals surface area contributed by atoms with Gasteiger partial charge in [-0.05, 0) is 31.0 Å². The van der Waals surface area contributed by atoms with E-state index in [1.165, 1.54) is 4.31 Å². The molecule has 1 aliphatic rings. The van der Waals surface area contributed by atoms with Gasteiger partial charge in [-0.1, -0.05) is 25.5 Å². The number of benzene rings is 1. The van der Waals surface area contributed by atoms with E-state index in [9.17, 15) is 31.5 Å². The lowest BCUT2D eigenvalue weighted by Gasteiger charge is -2.35. The number of hydrogen-bond donors (Lipinski definition) is 1. The minimum atomic E-state index is -4.92. The molecule has 1 fully saturated rings. The van der Waals surface area contributed by atoms with Crippen molar-refractivity contribution in [1.29, 1.82) is 0 Å². The highest BCUT2D eigenvalue weighted by molar-refractivity contribution is 7.89. The third kappa shape index (κ3) is 5.03. The molecule has 2 rings (SSSR count). The number of carbonyl (C=O) groups is 1. The molecule has 158 valence electrons. The lowest BCUT2D eigenvalue weighted by atomic mass is 10.0. The third-order valence-corrected chi connectivity index (χ3v) is 6.71. The first-order chi connectivity index (χ1) is 12.9. The maximum Gasteiger partial charge on any atom is 0.417 e. The summed E-state index contributed by atoms with van der Waals surface area (Å²) in [4.78, 5) is 13.4. The fraction of sp³-hybridized carbons (Fsp3) is 0.611. The maximum atomic E-state index is 12.7. The van der Waals surface area contributed by atoms with Gasteiger partial charge in [-0.3, -0.25) is 4.79 Å². The monoisotopic (exact) mass is 422 g/mol. The summed E-state index contributed by atoms with van der Waals surface area (Å²) in [5.41, 5.74) is -2.08. The van der Waals surface area contributed by atoms with Crippen molar-refractivity contribution < 1.29 is 31.5 Å². The van der Waals surface area contributed by atoms with Crippen LogP contribution < -0.4 is 0 Å². The molecule has 1 atom stereocenters. The Morgan fingerprint density at radius 2 is 1.64 bits per heavy atom. The number of aliphatic hydroxyl groups is 1. The molecule has 1 N–H and O–H groups in total. The van der Waals surface area contributed by atoms with Crippen molar-refractivity contribution in [2.45, 2.75) is 49.8 Å². The van der Waals surface area contributed by atoms with Gasteiger partial charge in [0.1, 0.15) is 0 Å². The number of halogens is 3. The van der Waals surface area contributed by atoms with Gasteiger partial charge in [0, 0.05) is 26.2 Å². The second kappa shape index (κ2) is 8.38. The van der Waals surface area contributed by atoms with E-state index < -0.39 is 34.1 Å². The van der Waals surface area contributed by atoms with E-state index in [2.05, 4.69) is 0 Å². The topological polar surface area (TPSA) is 77.9 Å². The fourth-order valence-corrected chi connectivity index (χ4v) is 4.37. The van der Waals surface area contributed by atoms with Gasteiger partial charge in [0.15, 0.2) is 5.60 Å². The number of sulfonamides is 1. The van der Waals surface area contributed by atoms with Gasteiger partial charge in [0.2, 0.25) is 15.9 Å². The van der Waals surface area contributed by atoms with E-state index in [0.29, 0.717) is 6.92 Å². The summed E-state index contributed by atoms with van der Waals surface area (Å²) in [6.07, 6.45) is -4.22. The molecule has 0 unspecified atom stereocenters. The van der Waals surface area contributed by atoms with Crippen LogP contribution in [0, 0.1) is 0 Å². The maximum absolute atomic E-state index is 12.7. The molecule has 1 amide bonds. The lowest BCUT2D eigenvalue weighted by molar-refractivity contribution is -0.254. The molecule has 1 aromatic carbocycles. The van der Waals surface area contributed by atoms with Crippen LogP contribution in [0.3, 0.4) is 0 Å². The van der Waals surface area contributed by atoms with Crippen LogP contribution >= 0.6 is 0 Å². The molecule has 1 aliphatic heterocycles. The number of aryl methyl sites for hydroxylation is 1. The number of rotatable bonds is 6. The molecule has 6 nitrogen and oxygen atoms in total. The van der Waals surface area contributed by atoms with Crippen LogP contribution in [0.2, 0.25) is 0 Å². The summed E-state index contributed by atoms with van der Waals surface area (Å²) in [5.74, 6) is -0.858. The molecule has 0 radical (unpaired) electrons. The summed E-state index contributed by atoms with van der Waals surface area (Å²) in [5, 5.41) is 9.46. The van der Waals surface area contributed by atoms with Gasteiger partial charge in [0.25, 0.3) is 0 Å². The molecule has 0 saturated carbocycles. The summed E-state index contributed by atoms with van der Waals surface area (Å²) in [6.45, 7) is 2.49. The first-order valence-corrected chi connectivity index (χ1v) is 10.5. The van der Waals surface area contributed by atoms with Gasteiger partial charge >= 0.3 is 6.18 Å².